The zero-order valence-electron chi connectivity index (χ0n) is 12.4. The Kier molecular flexibility index (Phi) is 5.36. The van der Waals surface area contributed by atoms with Crippen LogP contribution in [0.4, 0.5) is 0 Å². The largest absolute Gasteiger partial charge is 0.329 e. The van der Waals surface area contributed by atoms with Gasteiger partial charge in [0.25, 0.3) is 0 Å². The second kappa shape index (κ2) is 6.65. The highest BCUT2D eigenvalue weighted by Crippen LogP contribution is 2.36. The smallest absolute Gasteiger partial charge is 0.0488 e. The molecule has 4 heteroatoms. The lowest BCUT2D eigenvalue weighted by Crippen LogP contribution is -2.49. The van der Waals surface area contributed by atoms with Crippen LogP contribution in [0, 0.1) is 11.8 Å². The maximum Gasteiger partial charge on any atom is 0.0488 e. The number of nitrogens with zero attached hydrogens (tertiary/aromatic N) is 1. The molecule has 2 nitrogen and oxygen atoms in total. The summed E-state index contributed by atoms with van der Waals surface area (Å²) in [6.45, 7) is 8.54. The molecule has 1 saturated heterocycles. The van der Waals surface area contributed by atoms with Crippen LogP contribution in [0.5, 0.6) is 0 Å². The van der Waals surface area contributed by atoms with E-state index in [9.17, 15) is 0 Å². The molecular formula is C16H24Cl2N2. The summed E-state index contributed by atoms with van der Waals surface area (Å²) in [6, 6.07) is 6.30. The van der Waals surface area contributed by atoms with Gasteiger partial charge in [-0.25, -0.2) is 0 Å². The highest BCUT2D eigenvalue weighted by molar-refractivity contribution is 6.33. The number of benzene rings is 1. The van der Waals surface area contributed by atoms with E-state index in [0.29, 0.717) is 29.4 Å². The summed E-state index contributed by atoms with van der Waals surface area (Å²) < 4.78 is 0. The fraction of sp³-hybridized carbons (Fsp3) is 0.625. The van der Waals surface area contributed by atoms with Crippen LogP contribution in [0.3, 0.4) is 0 Å². The molecule has 2 N–H and O–H groups in total. The van der Waals surface area contributed by atoms with E-state index >= 15 is 0 Å². The molecule has 2 rings (SSSR count). The topological polar surface area (TPSA) is 29.3 Å². The maximum atomic E-state index is 6.37. The van der Waals surface area contributed by atoms with E-state index in [0.717, 1.165) is 17.1 Å². The van der Waals surface area contributed by atoms with Crippen LogP contribution in [-0.2, 0) is 0 Å². The van der Waals surface area contributed by atoms with Gasteiger partial charge >= 0.3 is 0 Å². The number of nitrogens with two attached hydrogens (primary N) is 1. The van der Waals surface area contributed by atoms with Gasteiger partial charge in [-0.1, -0.05) is 37.0 Å². The predicted octanol–water partition coefficient (Wildman–Crippen LogP) is 4.36. The van der Waals surface area contributed by atoms with Crippen molar-refractivity contribution in [2.45, 2.75) is 39.3 Å². The maximum absolute atomic E-state index is 6.37. The molecule has 0 saturated carbocycles. The van der Waals surface area contributed by atoms with Crippen LogP contribution in [0.1, 0.15) is 38.8 Å². The third-order valence-electron chi connectivity index (χ3n) is 4.58. The van der Waals surface area contributed by atoms with Crippen molar-refractivity contribution in [3.63, 3.8) is 0 Å². The lowest BCUT2D eigenvalue weighted by molar-refractivity contribution is 0.0425. The molecule has 112 valence electrons. The van der Waals surface area contributed by atoms with Crippen molar-refractivity contribution in [3.05, 3.63) is 33.8 Å². The third kappa shape index (κ3) is 3.30. The molecule has 0 bridgehead atoms. The van der Waals surface area contributed by atoms with E-state index in [-0.39, 0.29) is 6.04 Å². The van der Waals surface area contributed by atoms with Gasteiger partial charge in [-0.15, -0.1) is 0 Å². The fourth-order valence-corrected chi connectivity index (χ4v) is 3.81. The van der Waals surface area contributed by atoms with Gasteiger partial charge in [0.1, 0.15) is 0 Å². The quantitative estimate of drug-likeness (QED) is 0.898. The number of hydrogen-bond acceptors (Lipinski definition) is 2. The molecular weight excluding hydrogens is 291 g/mol. The lowest BCUT2D eigenvalue weighted by Gasteiger charge is -2.45. The molecule has 1 aliphatic heterocycles. The Balaban J connectivity index is 2.33. The number of likely N-dealkylation sites (tertiary alicyclic amines) is 1. The van der Waals surface area contributed by atoms with Gasteiger partial charge in [-0.05, 0) is 48.9 Å². The summed E-state index contributed by atoms with van der Waals surface area (Å²) in [5.74, 6) is 1.36. The number of hydrogen-bond donors (Lipinski definition) is 1. The van der Waals surface area contributed by atoms with Crippen LogP contribution in [0.2, 0.25) is 10.0 Å². The highest BCUT2D eigenvalue weighted by Gasteiger charge is 2.34. The van der Waals surface area contributed by atoms with E-state index in [4.69, 9.17) is 28.9 Å². The van der Waals surface area contributed by atoms with Crippen LogP contribution in [0.25, 0.3) is 0 Å². The Hall–Kier alpha value is -0.280. The van der Waals surface area contributed by atoms with Gasteiger partial charge in [0, 0.05) is 35.2 Å². The van der Waals surface area contributed by atoms with E-state index in [1.807, 2.05) is 18.2 Å². The first-order valence-corrected chi connectivity index (χ1v) is 8.10. The molecule has 1 heterocycles. The van der Waals surface area contributed by atoms with Gasteiger partial charge in [-0.2, -0.15) is 0 Å². The summed E-state index contributed by atoms with van der Waals surface area (Å²) in [4.78, 5) is 2.50. The molecule has 0 aromatic heterocycles. The van der Waals surface area contributed by atoms with Crippen LogP contribution >= 0.6 is 23.2 Å². The first-order chi connectivity index (χ1) is 9.43. The van der Waals surface area contributed by atoms with Gasteiger partial charge in [0.2, 0.25) is 0 Å². The van der Waals surface area contributed by atoms with Crippen LogP contribution in [-0.4, -0.2) is 24.0 Å². The fourth-order valence-electron chi connectivity index (χ4n) is 3.38. The second-order valence-corrected chi connectivity index (χ2v) is 7.02. The van der Waals surface area contributed by atoms with E-state index in [1.54, 1.807) is 0 Å². The molecule has 0 amide bonds. The Morgan fingerprint density at radius 1 is 1.30 bits per heavy atom. The zero-order chi connectivity index (χ0) is 14.9. The van der Waals surface area contributed by atoms with Crippen LogP contribution in [0.15, 0.2) is 18.2 Å². The minimum Gasteiger partial charge on any atom is -0.329 e. The molecule has 20 heavy (non-hydrogen) atoms. The standard InChI is InChI=1S/C16H24Cl2N2/c1-10-6-11(2)12(3)20(9-10)16(8-19)14-7-13(17)4-5-15(14)18/h4-5,7,10-12,16H,6,8-9,19H2,1-3H3. The molecule has 1 aliphatic rings. The lowest BCUT2D eigenvalue weighted by atomic mass is 9.84. The average molecular weight is 315 g/mol. The first kappa shape index (κ1) is 16.1. The average Bonchev–Trinajstić information content (AvgIpc) is 2.40. The molecule has 1 aromatic rings. The first-order valence-electron chi connectivity index (χ1n) is 7.34. The van der Waals surface area contributed by atoms with E-state index in [1.165, 1.54) is 6.42 Å². The monoisotopic (exact) mass is 314 g/mol. The Bertz CT molecular complexity index is 464. The van der Waals surface area contributed by atoms with Gasteiger partial charge in [-0.3, -0.25) is 4.90 Å². The zero-order valence-corrected chi connectivity index (χ0v) is 14.0. The van der Waals surface area contributed by atoms with Gasteiger partial charge in [0.15, 0.2) is 0 Å². The molecule has 1 fully saturated rings. The van der Waals surface area contributed by atoms with Crippen molar-refractivity contribution in [1.82, 2.24) is 4.90 Å². The SMILES string of the molecule is CC1CC(C)C(C)N(C(CN)c2cc(Cl)ccc2Cl)C1. The molecule has 0 radical (unpaired) electrons. The summed E-state index contributed by atoms with van der Waals surface area (Å²) in [6.07, 6.45) is 1.28. The van der Waals surface area contributed by atoms with Gasteiger partial charge < -0.3 is 5.73 Å². The minimum absolute atomic E-state index is 0.140. The summed E-state index contributed by atoms with van der Waals surface area (Å²) in [5, 5.41) is 1.47. The third-order valence-corrected chi connectivity index (χ3v) is 5.16. The molecule has 1 aromatic carbocycles. The van der Waals surface area contributed by atoms with Crippen molar-refractivity contribution < 1.29 is 0 Å². The van der Waals surface area contributed by atoms with Crippen molar-refractivity contribution in [2.75, 3.05) is 13.1 Å². The number of rotatable bonds is 3. The van der Waals surface area contributed by atoms with E-state index in [2.05, 4.69) is 25.7 Å². The Morgan fingerprint density at radius 3 is 2.65 bits per heavy atom. The summed E-state index contributed by atoms with van der Waals surface area (Å²) in [5.41, 5.74) is 7.12. The Labute approximate surface area is 132 Å². The predicted molar refractivity (Wildman–Crippen MR) is 87.4 cm³/mol. The summed E-state index contributed by atoms with van der Waals surface area (Å²) in [7, 11) is 0. The van der Waals surface area contributed by atoms with Crippen LogP contribution < -0.4 is 5.73 Å². The Morgan fingerprint density at radius 2 is 2.00 bits per heavy atom. The van der Waals surface area contributed by atoms with Gasteiger partial charge in [0.05, 0.1) is 0 Å². The highest BCUT2D eigenvalue weighted by atomic mass is 35.5. The van der Waals surface area contributed by atoms with Crippen molar-refractivity contribution in [2.24, 2.45) is 17.6 Å². The number of halogens is 2. The molecule has 0 spiro atoms. The summed E-state index contributed by atoms with van der Waals surface area (Å²) >= 11 is 12.5. The van der Waals surface area contributed by atoms with E-state index < -0.39 is 0 Å². The molecule has 0 aliphatic carbocycles. The van der Waals surface area contributed by atoms with Crippen molar-refractivity contribution in [1.29, 1.82) is 0 Å². The van der Waals surface area contributed by atoms with Crippen molar-refractivity contribution >= 4 is 23.2 Å². The second-order valence-electron chi connectivity index (χ2n) is 6.17. The molecule has 4 atom stereocenters. The normalized spacial score (nSPS) is 29.4. The number of piperidine rings is 1. The molecule has 4 unspecified atom stereocenters. The van der Waals surface area contributed by atoms with Crippen molar-refractivity contribution in [3.8, 4) is 0 Å². The minimum atomic E-state index is 0.140.